The van der Waals surface area contributed by atoms with Crippen LogP contribution in [0.15, 0.2) is 24.3 Å². The molecular weight excluding hydrogens is 372 g/mol. The molecule has 1 aliphatic rings. The van der Waals surface area contributed by atoms with Crippen LogP contribution in [0.4, 0.5) is 0 Å². The number of nitrogens with one attached hydrogen (secondary N) is 1. The first kappa shape index (κ1) is 21.6. The van der Waals surface area contributed by atoms with Gasteiger partial charge in [-0.15, -0.1) is 0 Å². The first-order valence-electron chi connectivity index (χ1n) is 9.32. The van der Waals surface area contributed by atoms with Crippen molar-refractivity contribution in [3.05, 3.63) is 34.9 Å². The molecule has 8 heteroatoms. The van der Waals surface area contributed by atoms with Crippen LogP contribution in [0.3, 0.4) is 0 Å². The van der Waals surface area contributed by atoms with Gasteiger partial charge < -0.3 is 10.6 Å². The van der Waals surface area contributed by atoms with Gasteiger partial charge in [0.2, 0.25) is 0 Å². The van der Waals surface area contributed by atoms with E-state index in [1.54, 1.807) is 12.1 Å². The fourth-order valence-corrected chi connectivity index (χ4v) is 4.73. The molecule has 1 heterocycles. The minimum atomic E-state index is -3.53. The van der Waals surface area contributed by atoms with Gasteiger partial charge in [0, 0.05) is 30.7 Å². The fourth-order valence-electron chi connectivity index (χ4n) is 3.34. The van der Waals surface area contributed by atoms with Crippen molar-refractivity contribution in [2.75, 3.05) is 33.2 Å². The van der Waals surface area contributed by atoms with Crippen LogP contribution in [0.25, 0.3) is 0 Å². The molecule has 1 aromatic carbocycles. The highest BCUT2D eigenvalue weighted by atomic mass is 35.5. The summed E-state index contributed by atoms with van der Waals surface area (Å²) >= 11 is 5.87. The van der Waals surface area contributed by atoms with Crippen molar-refractivity contribution in [3.63, 3.8) is 0 Å². The number of rotatable bonds is 11. The summed E-state index contributed by atoms with van der Waals surface area (Å²) in [4.78, 5) is 2.37. The third-order valence-corrected chi connectivity index (χ3v) is 6.75. The van der Waals surface area contributed by atoms with Gasteiger partial charge in [0.25, 0.3) is 10.2 Å². The van der Waals surface area contributed by atoms with Crippen LogP contribution in [-0.4, -0.2) is 56.9 Å². The lowest BCUT2D eigenvalue weighted by Crippen LogP contribution is -2.42. The summed E-state index contributed by atoms with van der Waals surface area (Å²) in [6.45, 7) is 2.86. The quantitative estimate of drug-likeness (QED) is 0.594. The molecule has 1 saturated heterocycles. The van der Waals surface area contributed by atoms with E-state index in [4.69, 9.17) is 17.3 Å². The first-order chi connectivity index (χ1) is 12.4. The van der Waals surface area contributed by atoms with Crippen LogP contribution in [0.1, 0.15) is 37.7 Å². The zero-order valence-electron chi connectivity index (χ0n) is 15.5. The van der Waals surface area contributed by atoms with Gasteiger partial charge >= 0.3 is 0 Å². The molecule has 0 saturated carbocycles. The van der Waals surface area contributed by atoms with Crippen molar-refractivity contribution >= 4 is 21.8 Å². The Labute approximate surface area is 162 Å². The Bertz CT molecular complexity index is 639. The van der Waals surface area contributed by atoms with Gasteiger partial charge in [-0.3, -0.25) is 0 Å². The minimum Gasteiger partial charge on any atom is -0.330 e. The van der Waals surface area contributed by atoms with Crippen molar-refractivity contribution in [1.29, 1.82) is 0 Å². The molecule has 0 spiro atoms. The van der Waals surface area contributed by atoms with Gasteiger partial charge in [-0.2, -0.15) is 17.4 Å². The maximum atomic E-state index is 12.7. The second kappa shape index (κ2) is 10.6. The van der Waals surface area contributed by atoms with E-state index in [1.807, 2.05) is 12.1 Å². The van der Waals surface area contributed by atoms with Crippen LogP contribution < -0.4 is 10.5 Å². The summed E-state index contributed by atoms with van der Waals surface area (Å²) in [5.41, 5.74) is 6.46. The summed E-state index contributed by atoms with van der Waals surface area (Å²) in [5.74, 6) is 0. The Hall–Kier alpha value is -0.700. The third kappa shape index (κ3) is 6.79. The van der Waals surface area contributed by atoms with Crippen LogP contribution in [0.2, 0.25) is 5.02 Å². The van der Waals surface area contributed by atoms with Crippen LogP contribution >= 0.6 is 11.6 Å². The van der Waals surface area contributed by atoms with E-state index >= 15 is 0 Å². The van der Waals surface area contributed by atoms with Gasteiger partial charge in [0.05, 0.1) is 0 Å². The molecular formula is C18H31ClN4O2S. The van der Waals surface area contributed by atoms with E-state index in [9.17, 15) is 8.42 Å². The summed E-state index contributed by atoms with van der Waals surface area (Å²) < 4.78 is 29.6. The molecule has 0 amide bonds. The van der Waals surface area contributed by atoms with E-state index in [1.165, 1.54) is 17.1 Å². The molecule has 0 aliphatic carbocycles. The van der Waals surface area contributed by atoms with Crippen molar-refractivity contribution in [1.82, 2.24) is 13.9 Å². The Morgan fingerprint density at radius 3 is 2.58 bits per heavy atom. The maximum Gasteiger partial charge on any atom is 0.279 e. The summed E-state index contributed by atoms with van der Waals surface area (Å²) in [7, 11) is -1.38. The van der Waals surface area contributed by atoms with E-state index in [0.717, 1.165) is 24.9 Å². The van der Waals surface area contributed by atoms with Crippen molar-refractivity contribution in [2.24, 2.45) is 5.73 Å². The van der Waals surface area contributed by atoms with Gasteiger partial charge in [-0.05, 0) is 69.9 Å². The number of nitrogens with zero attached hydrogens (tertiary/aromatic N) is 2. The molecule has 1 aromatic rings. The predicted octanol–water partition coefficient (Wildman–Crippen LogP) is 2.20. The van der Waals surface area contributed by atoms with Gasteiger partial charge in [-0.1, -0.05) is 23.7 Å². The third-order valence-electron chi connectivity index (χ3n) is 4.94. The second-order valence-electron chi connectivity index (χ2n) is 6.91. The zero-order valence-corrected chi connectivity index (χ0v) is 17.1. The topological polar surface area (TPSA) is 78.7 Å². The lowest BCUT2D eigenvalue weighted by Gasteiger charge is -2.24. The first-order valence-corrected chi connectivity index (χ1v) is 11.1. The Morgan fingerprint density at radius 1 is 1.27 bits per heavy atom. The summed E-state index contributed by atoms with van der Waals surface area (Å²) in [6.07, 6.45) is 4.99. The Balaban J connectivity index is 1.88. The molecule has 148 valence electrons. The molecule has 6 nitrogen and oxygen atoms in total. The second-order valence-corrected chi connectivity index (χ2v) is 9.10. The normalized spacial score (nSPS) is 18.7. The number of benzene rings is 1. The van der Waals surface area contributed by atoms with Crippen molar-refractivity contribution < 1.29 is 8.42 Å². The predicted molar refractivity (Wildman–Crippen MR) is 107 cm³/mol. The Kier molecular flexibility index (Phi) is 8.79. The highest BCUT2D eigenvalue weighted by Crippen LogP contribution is 2.19. The lowest BCUT2D eigenvalue weighted by atomic mass is 10.1. The smallest absolute Gasteiger partial charge is 0.279 e. The van der Waals surface area contributed by atoms with Gasteiger partial charge in [0.1, 0.15) is 0 Å². The lowest BCUT2D eigenvalue weighted by molar-refractivity contribution is 0.281. The van der Waals surface area contributed by atoms with E-state index in [-0.39, 0.29) is 6.54 Å². The van der Waals surface area contributed by atoms with Crippen LogP contribution in [0, 0.1) is 0 Å². The fraction of sp³-hybridized carbons (Fsp3) is 0.667. The van der Waals surface area contributed by atoms with Crippen LogP contribution in [-0.2, 0) is 16.8 Å². The number of hydrogen-bond donors (Lipinski definition) is 2. The standard InChI is InChI=1S/C18H31ClN4O2S/c1-22-12-2-5-18(22)6-3-13-23(14-4-11-20)26(24,25)21-15-16-7-9-17(19)10-8-16/h7-10,18,21H,2-6,11-15,20H2,1H3/t18-/m0/s1. The average molecular weight is 403 g/mol. The summed E-state index contributed by atoms with van der Waals surface area (Å²) in [5, 5.41) is 0.637. The SMILES string of the molecule is CN1CCC[C@H]1CCCN(CCCN)S(=O)(=O)NCc1ccc(Cl)cc1. The molecule has 3 N–H and O–H groups in total. The molecule has 2 rings (SSSR count). The summed E-state index contributed by atoms with van der Waals surface area (Å²) in [6, 6.07) is 7.75. The molecule has 1 fully saturated rings. The van der Waals surface area contributed by atoms with E-state index in [2.05, 4.69) is 16.7 Å². The van der Waals surface area contributed by atoms with Gasteiger partial charge in [-0.25, -0.2) is 0 Å². The molecule has 1 atom stereocenters. The molecule has 0 bridgehead atoms. The highest BCUT2D eigenvalue weighted by molar-refractivity contribution is 7.87. The molecule has 0 aromatic heterocycles. The van der Waals surface area contributed by atoms with Crippen molar-refractivity contribution in [2.45, 2.75) is 44.7 Å². The molecule has 0 radical (unpaired) electrons. The number of hydrogen-bond acceptors (Lipinski definition) is 4. The van der Waals surface area contributed by atoms with Crippen LogP contribution in [0.5, 0.6) is 0 Å². The number of nitrogens with two attached hydrogens (primary N) is 1. The Morgan fingerprint density at radius 2 is 1.96 bits per heavy atom. The zero-order chi connectivity index (χ0) is 19.0. The molecule has 0 unspecified atom stereocenters. The number of likely N-dealkylation sites (tertiary alicyclic amines) is 1. The maximum absolute atomic E-state index is 12.7. The molecule has 1 aliphatic heterocycles. The van der Waals surface area contributed by atoms with E-state index in [0.29, 0.717) is 37.1 Å². The average Bonchev–Trinajstić information content (AvgIpc) is 3.02. The minimum absolute atomic E-state index is 0.254. The van der Waals surface area contributed by atoms with E-state index < -0.39 is 10.2 Å². The monoisotopic (exact) mass is 402 g/mol. The van der Waals surface area contributed by atoms with Crippen molar-refractivity contribution in [3.8, 4) is 0 Å². The van der Waals surface area contributed by atoms with Gasteiger partial charge in [0.15, 0.2) is 0 Å². The highest BCUT2D eigenvalue weighted by Gasteiger charge is 2.24. The molecule has 26 heavy (non-hydrogen) atoms. The number of halogens is 1. The largest absolute Gasteiger partial charge is 0.330 e.